The molecule has 0 aliphatic heterocycles. The Hall–Kier alpha value is -2.82. The van der Waals surface area contributed by atoms with Crippen molar-refractivity contribution in [2.24, 2.45) is 0 Å². The van der Waals surface area contributed by atoms with Crippen LogP contribution in [0.1, 0.15) is 28.5 Å². The summed E-state index contributed by atoms with van der Waals surface area (Å²) in [7, 11) is 0. The zero-order chi connectivity index (χ0) is 16.2. The zero-order valence-electron chi connectivity index (χ0n) is 13.2. The van der Waals surface area contributed by atoms with E-state index in [0.717, 1.165) is 22.7 Å². The van der Waals surface area contributed by atoms with Crippen molar-refractivity contribution in [3.8, 4) is 5.75 Å². The molecule has 0 aliphatic carbocycles. The number of hydrogen-bond acceptors (Lipinski definition) is 3. The molecular weight excluding hydrogens is 290 g/mol. The molecular formula is C18H19N3O2. The lowest BCUT2D eigenvalue weighted by Gasteiger charge is -2.05. The van der Waals surface area contributed by atoms with E-state index in [2.05, 4.69) is 10.3 Å². The first kappa shape index (κ1) is 15.1. The van der Waals surface area contributed by atoms with Crippen LogP contribution in [-0.2, 0) is 6.54 Å². The molecule has 118 valence electrons. The number of ether oxygens (including phenoxy) is 1. The van der Waals surface area contributed by atoms with Crippen LogP contribution in [0.2, 0.25) is 0 Å². The van der Waals surface area contributed by atoms with Gasteiger partial charge < -0.3 is 14.5 Å². The molecule has 2 aromatic heterocycles. The first-order chi connectivity index (χ1) is 11.2. The van der Waals surface area contributed by atoms with Crippen LogP contribution in [0.5, 0.6) is 5.75 Å². The van der Waals surface area contributed by atoms with Crippen LogP contribution in [0.3, 0.4) is 0 Å². The van der Waals surface area contributed by atoms with Gasteiger partial charge in [-0.1, -0.05) is 0 Å². The first-order valence-electron chi connectivity index (χ1n) is 7.61. The van der Waals surface area contributed by atoms with Gasteiger partial charge in [0.15, 0.2) is 0 Å². The molecule has 5 heteroatoms. The van der Waals surface area contributed by atoms with Gasteiger partial charge in [0.05, 0.1) is 18.8 Å². The smallest absolute Gasteiger partial charge is 0.251 e. The van der Waals surface area contributed by atoms with E-state index in [1.54, 1.807) is 24.3 Å². The van der Waals surface area contributed by atoms with Crippen molar-refractivity contribution < 1.29 is 9.53 Å². The van der Waals surface area contributed by atoms with E-state index in [0.29, 0.717) is 18.7 Å². The highest BCUT2D eigenvalue weighted by atomic mass is 16.5. The molecule has 1 aromatic carbocycles. The fourth-order valence-electron chi connectivity index (χ4n) is 2.36. The van der Waals surface area contributed by atoms with Crippen LogP contribution in [0.4, 0.5) is 0 Å². The molecule has 0 atom stereocenters. The maximum Gasteiger partial charge on any atom is 0.251 e. The Balaban J connectivity index is 1.65. The van der Waals surface area contributed by atoms with Gasteiger partial charge in [-0.2, -0.15) is 0 Å². The average molecular weight is 309 g/mol. The number of rotatable bonds is 5. The Labute approximate surface area is 134 Å². The third-order valence-corrected chi connectivity index (χ3v) is 3.52. The second kappa shape index (κ2) is 6.52. The molecule has 1 amide bonds. The number of amides is 1. The quantitative estimate of drug-likeness (QED) is 0.788. The molecule has 0 unspecified atom stereocenters. The number of nitrogens with zero attached hydrogens (tertiary/aromatic N) is 2. The number of pyridine rings is 1. The maximum atomic E-state index is 12.2. The van der Waals surface area contributed by atoms with E-state index < -0.39 is 0 Å². The molecule has 2 heterocycles. The van der Waals surface area contributed by atoms with Gasteiger partial charge in [-0.25, -0.2) is 4.98 Å². The second-order valence-electron chi connectivity index (χ2n) is 5.34. The van der Waals surface area contributed by atoms with Crippen LogP contribution < -0.4 is 10.1 Å². The molecule has 1 N–H and O–H groups in total. The molecule has 23 heavy (non-hydrogen) atoms. The van der Waals surface area contributed by atoms with Gasteiger partial charge in [-0.15, -0.1) is 0 Å². The fraction of sp³-hybridized carbons (Fsp3) is 0.222. The van der Waals surface area contributed by atoms with Crippen LogP contribution in [0.15, 0.2) is 48.8 Å². The minimum absolute atomic E-state index is 0.124. The lowest BCUT2D eigenvalue weighted by atomic mass is 10.2. The number of fused-ring (bicyclic) bond motifs is 1. The van der Waals surface area contributed by atoms with Gasteiger partial charge in [0.2, 0.25) is 0 Å². The summed E-state index contributed by atoms with van der Waals surface area (Å²) < 4.78 is 7.32. The van der Waals surface area contributed by atoms with Crippen molar-refractivity contribution in [2.75, 3.05) is 6.61 Å². The van der Waals surface area contributed by atoms with Gasteiger partial charge in [0.25, 0.3) is 5.91 Å². The number of benzene rings is 1. The van der Waals surface area contributed by atoms with Crippen molar-refractivity contribution >= 4 is 11.6 Å². The molecule has 5 nitrogen and oxygen atoms in total. The highest BCUT2D eigenvalue weighted by Crippen LogP contribution is 2.12. The number of aromatic nitrogens is 2. The lowest BCUT2D eigenvalue weighted by Crippen LogP contribution is -2.22. The van der Waals surface area contributed by atoms with E-state index in [1.165, 1.54) is 0 Å². The summed E-state index contributed by atoms with van der Waals surface area (Å²) in [5.41, 5.74) is 3.48. The number of aryl methyl sites for hydroxylation is 1. The number of carbonyl (C=O) groups excluding carboxylic acids is 1. The van der Waals surface area contributed by atoms with Crippen LogP contribution in [0, 0.1) is 6.92 Å². The van der Waals surface area contributed by atoms with Crippen molar-refractivity contribution in [1.29, 1.82) is 0 Å². The molecule has 0 aliphatic rings. The van der Waals surface area contributed by atoms with Gasteiger partial charge in [-0.3, -0.25) is 4.79 Å². The van der Waals surface area contributed by atoms with Gasteiger partial charge in [0.1, 0.15) is 11.4 Å². The monoisotopic (exact) mass is 309 g/mol. The highest BCUT2D eigenvalue weighted by molar-refractivity contribution is 5.94. The largest absolute Gasteiger partial charge is 0.494 e. The van der Waals surface area contributed by atoms with Gasteiger partial charge in [0, 0.05) is 18.0 Å². The summed E-state index contributed by atoms with van der Waals surface area (Å²) in [5, 5.41) is 2.89. The number of imidazole rings is 1. The predicted octanol–water partition coefficient (Wildman–Crippen LogP) is 2.97. The van der Waals surface area contributed by atoms with E-state index in [-0.39, 0.29) is 5.91 Å². The average Bonchev–Trinajstić information content (AvgIpc) is 2.95. The molecule has 3 aromatic rings. The second-order valence-corrected chi connectivity index (χ2v) is 5.34. The molecule has 0 radical (unpaired) electrons. The van der Waals surface area contributed by atoms with E-state index in [4.69, 9.17) is 4.74 Å². The molecule has 0 bridgehead atoms. The minimum Gasteiger partial charge on any atom is -0.494 e. The third kappa shape index (κ3) is 3.51. The van der Waals surface area contributed by atoms with E-state index >= 15 is 0 Å². The number of nitrogens with one attached hydrogen (secondary N) is 1. The minimum atomic E-state index is -0.124. The van der Waals surface area contributed by atoms with Crippen molar-refractivity contribution in [3.05, 3.63) is 65.6 Å². The Morgan fingerprint density at radius 2 is 2.04 bits per heavy atom. The summed E-state index contributed by atoms with van der Waals surface area (Å²) in [6.45, 7) is 4.96. The van der Waals surface area contributed by atoms with Crippen molar-refractivity contribution in [2.45, 2.75) is 20.4 Å². The predicted molar refractivity (Wildman–Crippen MR) is 88.7 cm³/mol. The third-order valence-electron chi connectivity index (χ3n) is 3.52. The van der Waals surface area contributed by atoms with E-state index in [9.17, 15) is 4.79 Å². The molecule has 3 rings (SSSR count). The molecule has 0 saturated heterocycles. The maximum absolute atomic E-state index is 12.2. The summed E-state index contributed by atoms with van der Waals surface area (Å²) in [6.07, 6.45) is 3.89. The SMILES string of the molecule is CCOc1ccc(C(=O)NCc2cn3ccc(C)cc3n2)cc1. The normalized spacial score (nSPS) is 10.7. The lowest BCUT2D eigenvalue weighted by molar-refractivity contribution is 0.0950. The summed E-state index contributed by atoms with van der Waals surface area (Å²) in [5.74, 6) is 0.640. The summed E-state index contributed by atoms with van der Waals surface area (Å²) >= 11 is 0. The van der Waals surface area contributed by atoms with Crippen molar-refractivity contribution in [3.63, 3.8) is 0 Å². The Bertz CT molecular complexity index is 822. The van der Waals surface area contributed by atoms with Gasteiger partial charge in [-0.05, 0) is 55.8 Å². The zero-order valence-corrected chi connectivity index (χ0v) is 13.2. The van der Waals surface area contributed by atoms with Crippen LogP contribution in [-0.4, -0.2) is 21.9 Å². The van der Waals surface area contributed by atoms with E-state index in [1.807, 2.05) is 42.8 Å². The Morgan fingerprint density at radius 1 is 1.26 bits per heavy atom. The standard InChI is InChI=1S/C18H19N3O2/c1-3-23-16-6-4-14(5-7-16)18(22)19-11-15-12-21-9-8-13(2)10-17(21)20-15/h4-10,12H,3,11H2,1-2H3,(H,19,22). The summed E-state index contributed by atoms with van der Waals surface area (Å²) in [6, 6.07) is 11.1. The van der Waals surface area contributed by atoms with Crippen molar-refractivity contribution in [1.82, 2.24) is 14.7 Å². The number of carbonyl (C=O) groups is 1. The Kier molecular flexibility index (Phi) is 4.28. The highest BCUT2D eigenvalue weighted by Gasteiger charge is 2.07. The van der Waals surface area contributed by atoms with Crippen LogP contribution in [0.25, 0.3) is 5.65 Å². The molecule has 0 saturated carbocycles. The number of hydrogen-bond donors (Lipinski definition) is 1. The fourth-order valence-corrected chi connectivity index (χ4v) is 2.36. The first-order valence-corrected chi connectivity index (χ1v) is 7.61. The Morgan fingerprint density at radius 3 is 2.78 bits per heavy atom. The molecule has 0 fully saturated rings. The molecule has 0 spiro atoms. The van der Waals surface area contributed by atoms with Gasteiger partial charge >= 0.3 is 0 Å². The topological polar surface area (TPSA) is 55.6 Å². The van der Waals surface area contributed by atoms with Crippen LogP contribution >= 0.6 is 0 Å². The summed E-state index contributed by atoms with van der Waals surface area (Å²) in [4.78, 5) is 16.7.